The van der Waals surface area contributed by atoms with Gasteiger partial charge in [0.15, 0.2) is 0 Å². The number of methoxy groups -OCH3 is 1. The van der Waals surface area contributed by atoms with Crippen LogP contribution in [0.2, 0.25) is 0 Å². The summed E-state index contributed by atoms with van der Waals surface area (Å²) in [5, 5.41) is 12.6. The molecule has 2 rings (SSSR count). The number of nitrogens with one attached hydrogen (secondary N) is 2. The minimum absolute atomic E-state index is 0.338. The van der Waals surface area contributed by atoms with Crippen molar-refractivity contribution >= 4 is 29.0 Å². The van der Waals surface area contributed by atoms with E-state index in [-0.39, 0.29) is 0 Å². The van der Waals surface area contributed by atoms with E-state index in [0.717, 1.165) is 48.5 Å². The van der Waals surface area contributed by atoms with Gasteiger partial charge in [0.2, 0.25) is 5.96 Å². The molecule has 2 aromatic rings. The average molecular weight is 361 g/mol. The number of ether oxygens (including phenoxy) is 1. The lowest BCUT2D eigenvalue weighted by molar-refractivity contribution is -0.134. The second-order valence-electron chi connectivity index (χ2n) is 5.52. The SMILES string of the molecule is CC(=O)O.CCCCCN=C(N)N/N=C/c1c[nH]c2ccc(OC)cc12. The molecule has 26 heavy (non-hydrogen) atoms. The van der Waals surface area contributed by atoms with Crippen molar-refractivity contribution in [2.24, 2.45) is 15.8 Å². The number of nitrogens with two attached hydrogens (primary N) is 1. The van der Waals surface area contributed by atoms with E-state index in [0.29, 0.717) is 5.96 Å². The molecule has 142 valence electrons. The molecule has 0 aliphatic carbocycles. The second-order valence-corrected chi connectivity index (χ2v) is 5.52. The first-order valence-electron chi connectivity index (χ1n) is 8.41. The minimum atomic E-state index is -0.833. The molecule has 0 fully saturated rings. The molecular weight excluding hydrogens is 334 g/mol. The number of aliphatic imine (C=N–C) groups is 1. The van der Waals surface area contributed by atoms with Crippen LogP contribution in [0.15, 0.2) is 34.5 Å². The highest BCUT2D eigenvalue weighted by molar-refractivity contribution is 5.99. The van der Waals surface area contributed by atoms with Gasteiger partial charge in [-0.3, -0.25) is 9.79 Å². The minimum Gasteiger partial charge on any atom is -0.497 e. The van der Waals surface area contributed by atoms with Gasteiger partial charge in [0.05, 0.1) is 13.3 Å². The van der Waals surface area contributed by atoms with Gasteiger partial charge in [-0.25, -0.2) is 5.43 Å². The van der Waals surface area contributed by atoms with Crippen LogP contribution in [0.4, 0.5) is 0 Å². The molecule has 0 radical (unpaired) electrons. The molecule has 5 N–H and O–H groups in total. The zero-order valence-electron chi connectivity index (χ0n) is 15.5. The summed E-state index contributed by atoms with van der Waals surface area (Å²) in [7, 11) is 1.65. The Bertz CT molecular complexity index is 748. The van der Waals surface area contributed by atoms with Gasteiger partial charge in [0.25, 0.3) is 5.97 Å². The Kier molecular flexibility index (Phi) is 9.30. The van der Waals surface area contributed by atoms with Gasteiger partial charge in [-0.1, -0.05) is 19.8 Å². The van der Waals surface area contributed by atoms with E-state index in [9.17, 15) is 0 Å². The molecule has 0 aliphatic heterocycles. The van der Waals surface area contributed by atoms with E-state index in [1.165, 1.54) is 6.42 Å². The van der Waals surface area contributed by atoms with Crippen LogP contribution in [-0.2, 0) is 4.79 Å². The molecule has 0 spiro atoms. The monoisotopic (exact) mass is 361 g/mol. The Labute approximate surface area is 153 Å². The maximum atomic E-state index is 9.00. The normalized spacial score (nSPS) is 11.3. The molecule has 0 atom stereocenters. The summed E-state index contributed by atoms with van der Waals surface area (Å²) >= 11 is 0. The number of carboxylic acid groups (broad SMARTS) is 1. The molecule has 1 aromatic heterocycles. The summed E-state index contributed by atoms with van der Waals surface area (Å²) < 4.78 is 5.24. The molecule has 0 amide bonds. The van der Waals surface area contributed by atoms with Crippen molar-refractivity contribution in [3.8, 4) is 5.75 Å². The number of hydrogen-bond donors (Lipinski definition) is 4. The van der Waals surface area contributed by atoms with Gasteiger partial charge in [0.1, 0.15) is 5.75 Å². The van der Waals surface area contributed by atoms with Gasteiger partial charge in [0, 0.05) is 36.1 Å². The Morgan fingerprint density at radius 3 is 2.81 bits per heavy atom. The molecule has 0 unspecified atom stereocenters. The van der Waals surface area contributed by atoms with Crippen LogP contribution < -0.4 is 15.9 Å². The van der Waals surface area contributed by atoms with Gasteiger partial charge < -0.3 is 20.6 Å². The average Bonchev–Trinajstić information content (AvgIpc) is 3.00. The number of fused-ring (bicyclic) bond motifs is 1. The first kappa shape index (κ1) is 21.0. The number of aliphatic carboxylic acids is 1. The van der Waals surface area contributed by atoms with Gasteiger partial charge in [-0.2, -0.15) is 5.10 Å². The molecule has 1 aromatic carbocycles. The Hall–Kier alpha value is -3.03. The molecular formula is C18H27N5O3. The van der Waals surface area contributed by atoms with Crippen molar-refractivity contribution < 1.29 is 14.6 Å². The summed E-state index contributed by atoms with van der Waals surface area (Å²) in [6.45, 7) is 3.97. The van der Waals surface area contributed by atoms with Crippen molar-refractivity contribution in [1.29, 1.82) is 0 Å². The highest BCUT2D eigenvalue weighted by atomic mass is 16.5. The quantitative estimate of drug-likeness (QED) is 0.261. The van der Waals surface area contributed by atoms with E-state index in [4.69, 9.17) is 20.4 Å². The number of H-pyrrole nitrogens is 1. The first-order chi connectivity index (χ1) is 12.5. The topological polar surface area (TPSA) is 125 Å². The first-order valence-corrected chi connectivity index (χ1v) is 8.41. The third-order valence-electron chi connectivity index (χ3n) is 3.35. The van der Waals surface area contributed by atoms with Crippen molar-refractivity contribution in [3.63, 3.8) is 0 Å². The number of aromatic amines is 1. The number of hydrazone groups is 1. The number of guanidine groups is 1. The lowest BCUT2D eigenvalue weighted by atomic mass is 10.2. The predicted octanol–water partition coefficient (Wildman–Crippen LogP) is 2.70. The predicted molar refractivity (Wildman–Crippen MR) is 105 cm³/mol. The van der Waals surface area contributed by atoms with Gasteiger partial charge in [-0.15, -0.1) is 0 Å². The van der Waals surface area contributed by atoms with Gasteiger partial charge in [-0.05, 0) is 24.6 Å². The van der Waals surface area contributed by atoms with E-state index >= 15 is 0 Å². The van der Waals surface area contributed by atoms with E-state index in [1.807, 2.05) is 24.4 Å². The zero-order chi connectivity index (χ0) is 19.4. The van der Waals surface area contributed by atoms with Crippen molar-refractivity contribution in [2.45, 2.75) is 33.1 Å². The Morgan fingerprint density at radius 1 is 1.42 bits per heavy atom. The van der Waals surface area contributed by atoms with E-state index < -0.39 is 5.97 Å². The van der Waals surface area contributed by atoms with E-state index in [1.54, 1.807) is 13.3 Å². The van der Waals surface area contributed by atoms with Crippen LogP contribution in [0.5, 0.6) is 5.75 Å². The Morgan fingerprint density at radius 2 is 2.15 bits per heavy atom. The lowest BCUT2D eigenvalue weighted by Gasteiger charge is -2.00. The number of carbonyl (C=O) groups is 1. The third kappa shape index (κ3) is 7.69. The van der Waals surface area contributed by atoms with Crippen molar-refractivity contribution in [2.75, 3.05) is 13.7 Å². The summed E-state index contributed by atoms with van der Waals surface area (Å²) in [6.07, 6.45) is 6.99. The van der Waals surface area contributed by atoms with Crippen LogP contribution >= 0.6 is 0 Å². The fourth-order valence-corrected chi connectivity index (χ4v) is 2.12. The van der Waals surface area contributed by atoms with Gasteiger partial charge >= 0.3 is 0 Å². The zero-order valence-corrected chi connectivity index (χ0v) is 15.5. The standard InChI is InChI=1S/C16H23N5O.C2H4O2/c1-3-4-5-8-18-16(17)21-20-11-12-10-19-15-7-6-13(22-2)9-14(12)15;1-2(3)4/h6-7,9-11,19H,3-5,8H2,1-2H3,(H3,17,18,21);1H3,(H,3,4)/b20-11+;. The van der Waals surface area contributed by atoms with Crippen molar-refractivity contribution in [1.82, 2.24) is 10.4 Å². The Balaban J connectivity index is 0.000000765. The molecule has 8 nitrogen and oxygen atoms in total. The number of hydrogen-bond acceptors (Lipinski definition) is 4. The van der Waals surface area contributed by atoms with Crippen LogP contribution in [0.3, 0.4) is 0 Å². The lowest BCUT2D eigenvalue weighted by Crippen LogP contribution is -2.27. The van der Waals surface area contributed by atoms with Crippen LogP contribution in [0, 0.1) is 0 Å². The molecule has 0 bridgehead atoms. The summed E-state index contributed by atoms with van der Waals surface area (Å²) in [5.74, 6) is 0.316. The smallest absolute Gasteiger partial charge is 0.300 e. The molecule has 0 aliphatic rings. The van der Waals surface area contributed by atoms with Crippen LogP contribution in [0.25, 0.3) is 10.9 Å². The molecule has 1 heterocycles. The highest BCUT2D eigenvalue weighted by Gasteiger charge is 2.03. The van der Waals surface area contributed by atoms with Crippen LogP contribution in [-0.4, -0.2) is 41.9 Å². The number of carboxylic acids is 1. The fraction of sp³-hybridized carbons (Fsp3) is 0.389. The highest BCUT2D eigenvalue weighted by Crippen LogP contribution is 2.22. The molecule has 8 heteroatoms. The summed E-state index contributed by atoms with van der Waals surface area (Å²) in [5.41, 5.74) is 10.5. The maximum absolute atomic E-state index is 9.00. The summed E-state index contributed by atoms with van der Waals surface area (Å²) in [6, 6.07) is 5.86. The molecule has 0 saturated heterocycles. The maximum Gasteiger partial charge on any atom is 0.300 e. The number of rotatable bonds is 7. The number of benzene rings is 1. The number of unbranched alkanes of at least 4 members (excludes halogenated alkanes) is 2. The summed E-state index contributed by atoms with van der Waals surface area (Å²) in [4.78, 5) is 16.4. The third-order valence-corrected chi connectivity index (χ3v) is 3.35. The largest absolute Gasteiger partial charge is 0.497 e. The van der Waals surface area contributed by atoms with Crippen LogP contribution in [0.1, 0.15) is 38.7 Å². The number of aromatic nitrogens is 1. The van der Waals surface area contributed by atoms with Crippen molar-refractivity contribution in [3.05, 3.63) is 30.0 Å². The second kappa shape index (κ2) is 11.5. The number of nitrogens with zero attached hydrogens (tertiary/aromatic N) is 2. The van der Waals surface area contributed by atoms with E-state index in [2.05, 4.69) is 27.4 Å². The fourth-order valence-electron chi connectivity index (χ4n) is 2.12. The molecule has 0 saturated carbocycles.